The Hall–Kier alpha value is -0.710. The summed E-state index contributed by atoms with van der Waals surface area (Å²) >= 11 is 1.33. The van der Waals surface area contributed by atoms with E-state index in [1.165, 1.54) is 114 Å². The molecule has 0 aliphatic heterocycles. The fraction of sp³-hybridized carbons (Fsp3) is 0.933. The van der Waals surface area contributed by atoms with Crippen LogP contribution in [-0.4, -0.2) is 35.7 Å². The molecule has 0 aromatic rings. The molecule has 0 spiro atoms. The van der Waals surface area contributed by atoms with E-state index < -0.39 is 0 Å². The monoisotopic (exact) mass is 514 g/mol. The second-order valence-electron chi connectivity index (χ2n) is 10.1. The van der Waals surface area contributed by atoms with Crippen LogP contribution < -0.4 is 0 Å². The zero-order valence-corrected chi connectivity index (χ0v) is 24.6. The molecule has 0 N–H and O–H groups in total. The summed E-state index contributed by atoms with van der Waals surface area (Å²) < 4.78 is 10.8. The molecule has 0 saturated carbocycles. The van der Waals surface area contributed by atoms with Crippen molar-refractivity contribution in [3.05, 3.63) is 0 Å². The van der Waals surface area contributed by atoms with Gasteiger partial charge < -0.3 is 9.47 Å². The van der Waals surface area contributed by atoms with Crippen molar-refractivity contribution in [1.29, 1.82) is 0 Å². The molecule has 0 amide bonds. The molecule has 0 aromatic heterocycles. The molecule has 0 rings (SSSR count). The molecule has 0 fully saturated rings. The number of rotatable bonds is 26. The molecule has 0 bridgehead atoms. The minimum absolute atomic E-state index is 0.222. The first-order valence-corrected chi connectivity index (χ1v) is 16.0. The van der Waals surface area contributed by atoms with Gasteiger partial charge in [0.25, 0.3) is 0 Å². The first kappa shape index (κ1) is 34.3. The van der Waals surface area contributed by atoms with E-state index >= 15 is 0 Å². The van der Waals surface area contributed by atoms with E-state index in [9.17, 15) is 9.59 Å². The zero-order valence-electron chi connectivity index (χ0n) is 23.8. The molecule has 0 saturated heterocycles. The van der Waals surface area contributed by atoms with Crippen LogP contribution in [0.5, 0.6) is 0 Å². The van der Waals surface area contributed by atoms with E-state index in [4.69, 9.17) is 9.47 Å². The van der Waals surface area contributed by atoms with Gasteiger partial charge in [-0.1, -0.05) is 129 Å². The lowest BCUT2D eigenvalue weighted by Gasteiger charge is -2.16. The third-order valence-corrected chi connectivity index (χ3v) is 7.76. The van der Waals surface area contributed by atoms with Gasteiger partial charge in [-0.2, -0.15) is 0 Å². The van der Waals surface area contributed by atoms with Gasteiger partial charge in [0.05, 0.1) is 13.2 Å². The molecular formula is C30H58O4S. The Bertz CT molecular complexity index is 441. The molecular weight excluding hydrogens is 456 g/mol. The highest BCUT2D eigenvalue weighted by atomic mass is 32.2. The number of hydrogen-bond donors (Lipinski definition) is 0. The molecule has 35 heavy (non-hydrogen) atoms. The number of ether oxygens (including phenoxy) is 2. The van der Waals surface area contributed by atoms with Crippen molar-refractivity contribution in [1.82, 2.24) is 0 Å². The molecule has 4 nitrogen and oxygen atoms in total. The first-order valence-electron chi connectivity index (χ1n) is 15.0. The molecule has 0 aliphatic rings. The van der Waals surface area contributed by atoms with Gasteiger partial charge in [-0.15, -0.1) is 11.8 Å². The third-order valence-electron chi connectivity index (χ3n) is 6.56. The van der Waals surface area contributed by atoms with Crippen molar-refractivity contribution >= 4 is 23.7 Å². The van der Waals surface area contributed by atoms with Gasteiger partial charge in [-0.3, -0.25) is 9.59 Å². The maximum Gasteiger partial charge on any atom is 0.318 e. The molecule has 2 atom stereocenters. The Labute approximate surface area is 222 Å². The summed E-state index contributed by atoms with van der Waals surface area (Å²) in [6, 6.07) is 0. The Kier molecular flexibility index (Phi) is 25.8. The molecule has 2 unspecified atom stereocenters. The van der Waals surface area contributed by atoms with Crippen molar-refractivity contribution in [2.24, 2.45) is 0 Å². The van der Waals surface area contributed by atoms with E-state index in [1.807, 2.05) is 13.8 Å². The maximum atomic E-state index is 12.2. The van der Waals surface area contributed by atoms with E-state index in [1.54, 1.807) is 0 Å². The standard InChI is InChI=1S/C30H58O4S/c1-5-7-9-11-13-15-17-19-21-23-25-33-29(31)27(3)35-28(4)30(32)34-26-24-22-20-18-16-14-12-10-8-6-2/h27-28H,5-26H2,1-4H3. The lowest BCUT2D eigenvalue weighted by atomic mass is 10.1. The predicted octanol–water partition coefficient (Wildman–Crippen LogP) is 9.42. The lowest BCUT2D eigenvalue weighted by molar-refractivity contribution is -0.142. The van der Waals surface area contributed by atoms with Gasteiger partial charge in [-0.25, -0.2) is 0 Å². The highest BCUT2D eigenvalue weighted by Gasteiger charge is 2.23. The smallest absolute Gasteiger partial charge is 0.318 e. The summed E-state index contributed by atoms with van der Waals surface area (Å²) in [6.45, 7) is 9.10. The average Bonchev–Trinajstić information content (AvgIpc) is 2.85. The fourth-order valence-corrected chi connectivity index (χ4v) is 5.15. The van der Waals surface area contributed by atoms with Crippen LogP contribution in [0.2, 0.25) is 0 Å². The van der Waals surface area contributed by atoms with Gasteiger partial charge in [0.1, 0.15) is 10.5 Å². The number of carbonyl (C=O) groups excluding carboxylic acids is 2. The summed E-state index contributed by atoms with van der Waals surface area (Å²) in [6.07, 6.45) is 25.3. The zero-order chi connectivity index (χ0) is 26.0. The summed E-state index contributed by atoms with van der Waals surface area (Å²) in [5.41, 5.74) is 0. The van der Waals surface area contributed by atoms with Gasteiger partial charge in [-0.05, 0) is 26.7 Å². The van der Waals surface area contributed by atoms with Crippen LogP contribution in [0.1, 0.15) is 156 Å². The molecule has 5 heteroatoms. The van der Waals surface area contributed by atoms with Crippen LogP contribution in [-0.2, 0) is 19.1 Å². The van der Waals surface area contributed by atoms with E-state index in [-0.39, 0.29) is 22.4 Å². The van der Waals surface area contributed by atoms with Gasteiger partial charge in [0, 0.05) is 0 Å². The van der Waals surface area contributed by atoms with Crippen LogP contribution in [0.3, 0.4) is 0 Å². The number of carbonyl (C=O) groups is 2. The van der Waals surface area contributed by atoms with Crippen molar-refractivity contribution in [2.75, 3.05) is 13.2 Å². The molecule has 0 heterocycles. The Morgan fingerprint density at radius 3 is 1.03 bits per heavy atom. The van der Waals surface area contributed by atoms with Gasteiger partial charge in [0.2, 0.25) is 0 Å². The molecule has 208 valence electrons. The van der Waals surface area contributed by atoms with Crippen molar-refractivity contribution in [3.8, 4) is 0 Å². The summed E-state index contributed by atoms with van der Waals surface area (Å²) in [4.78, 5) is 24.5. The maximum absolute atomic E-state index is 12.2. The van der Waals surface area contributed by atoms with E-state index in [2.05, 4.69) is 13.8 Å². The fourth-order valence-electron chi connectivity index (χ4n) is 4.18. The van der Waals surface area contributed by atoms with Gasteiger partial charge >= 0.3 is 11.9 Å². The molecule has 0 radical (unpaired) electrons. The Morgan fingerprint density at radius 1 is 0.486 bits per heavy atom. The average molecular weight is 515 g/mol. The SMILES string of the molecule is CCCCCCCCCCCCOC(=O)C(C)SC(C)C(=O)OCCCCCCCCCCCC. The summed E-state index contributed by atoms with van der Waals surface area (Å²) in [5.74, 6) is -0.444. The van der Waals surface area contributed by atoms with Crippen molar-refractivity contribution < 1.29 is 19.1 Å². The minimum Gasteiger partial charge on any atom is -0.465 e. The van der Waals surface area contributed by atoms with Crippen LogP contribution in [0.25, 0.3) is 0 Å². The first-order chi connectivity index (χ1) is 17.0. The van der Waals surface area contributed by atoms with Crippen LogP contribution in [0.15, 0.2) is 0 Å². The Morgan fingerprint density at radius 2 is 0.743 bits per heavy atom. The summed E-state index contributed by atoms with van der Waals surface area (Å²) in [7, 11) is 0. The Balaban J connectivity index is 3.60. The van der Waals surface area contributed by atoms with Crippen LogP contribution >= 0.6 is 11.8 Å². The summed E-state index contributed by atoms with van der Waals surface area (Å²) in [5, 5.41) is -0.698. The van der Waals surface area contributed by atoms with Crippen LogP contribution in [0, 0.1) is 0 Å². The lowest BCUT2D eigenvalue weighted by Crippen LogP contribution is -2.25. The predicted molar refractivity (Wildman–Crippen MR) is 152 cm³/mol. The highest BCUT2D eigenvalue weighted by molar-refractivity contribution is 8.01. The van der Waals surface area contributed by atoms with E-state index in [0.29, 0.717) is 13.2 Å². The van der Waals surface area contributed by atoms with Crippen molar-refractivity contribution in [2.45, 2.75) is 167 Å². The van der Waals surface area contributed by atoms with E-state index in [0.717, 1.165) is 25.7 Å². The second-order valence-corrected chi connectivity index (χ2v) is 11.8. The number of thioether (sulfide) groups is 1. The quantitative estimate of drug-likeness (QED) is 0.0849. The third kappa shape index (κ3) is 23.4. The largest absolute Gasteiger partial charge is 0.465 e. The van der Waals surface area contributed by atoms with Gasteiger partial charge in [0.15, 0.2) is 0 Å². The van der Waals surface area contributed by atoms with Crippen LogP contribution in [0.4, 0.5) is 0 Å². The normalized spacial score (nSPS) is 12.9. The number of esters is 2. The van der Waals surface area contributed by atoms with Crippen molar-refractivity contribution in [3.63, 3.8) is 0 Å². The minimum atomic E-state index is -0.349. The topological polar surface area (TPSA) is 52.6 Å². The number of hydrogen-bond acceptors (Lipinski definition) is 5. The second kappa shape index (κ2) is 26.4. The highest BCUT2D eigenvalue weighted by Crippen LogP contribution is 2.20. The molecule has 0 aliphatic carbocycles. The number of unbranched alkanes of at least 4 members (excludes halogenated alkanes) is 18. The molecule has 0 aromatic carbocycles.